The first kappa shape index (κ1) is 10.7. The van der Waals surface area contributed by atoms with Gasteiger partial charge in [-0.1, -0.05) is 25.7 Å². The van der Waals surface area contributed by atoms with E-state index in [1.165, 1.54) is 25.7 Å². The molecule has 0 aromatic heterocycles. The van der Waals surface area contributed by atoms with Crippen LogP contribution in [-0.2, 0) is 9.59 Å². The van der Waals surface area contributed by atoms with Crippen molar-refractivity contribution in [3.05, 3.63) is 0 Å². The quantitative estimate of drug-likeness (QED) is 0.488. The SMILES string of the molecule is CC1(N2CC(=O)CC2=O)CCCCCC1. The number of carbonyl (C=O) groups excluding carboxylic acids is 2. The molecule has 0 radical (unpaired) electrons. The lowest BCUT2D eigenvalue weighted by Gasteiger charge is -2.37. The van der Waals surface area contributed by atoms with Crippen molar-refractivity contribution in [2.45, 2.75) is 57.4 Å². The van der Waals surface area contributed by atoms with Crippen molar-refractivity contribution in [3.63, 3.8) is 0 Å². The Bertz CT molecular complexity index is 277. The second-order valence-electron chi connectivity index (χ2n) is 5.11. The molecule has 1 aliphatic heterocycles. The number of rotatable bonds is 1. The van der Waals surface area contributed by atoms with E-state index < -0.39 is 0 Å². The van der Waals surface area contributed by atoms with Gasteiger partial charge < -0.3 is 4.90 Å². The van der Waals surface area contributed by atoms with E-state index in [1.807, 2.05) is 4.90 Å². The first-order valence-corrected chi connectivity index (χ1v) is 5.94. The van der Waals surface area contributed by atoms with Gasteiger partial charge in [0.25, 0.3) is 0 Å². The Hall–Kier alpha value is -0.860. The average molecular weight is 209 g/mol. The second-order valence-corrected chi connectivity index (χ2v) is 5.11. The fraction of sp³-hybridized carbons (Fsp3) is 0.833. The highest BCUT2D eigenvalue weighted by molar-refractivity contribution is 6.05. The summed E-state index contributed by atoms with van der Waals surface area (Å²) < 4.78 is 0. The zero-order chi connectivity index (χ0) is 10.9. The van der Waals surface area contributed by atoms with Gasteiger partial charge in [-0.15, -0.1) is 0 Å². The molecule has 0 unspecified atom stereocenters. The summed E-state index contributed by atoms with van der Waals surface area (Å²) in [5.74, 6) is 0.134. The molecule has 0 bridgehead atoms. The van der Waals surface area contributed by atoms with Crippen LogP contribution < -0.4 is 0 Å². The Morgan fingerprint density at radius 2 is 1.67 bits per heavy atom. The summed E-state index contributed by atoms with van der Waals surface area (Å²) in [5.41, 5.74) is -0.0419. The summed E-state index contributed by atoms with van der Waals surface area (Å²) in [6.45, 7) is 2.50. The molecule has 84 valence electrons. The number of likely N-dealkylation sites (tertiary alicyclic amines) is 1. The molecule has 0 atom stereocenters. The number of Topliss-reactive ketones (excluding diaryl/α,β-unsaturated/α-hetero) is 1. The number of hydrogen-bond acceptors (Lipinski definition) is 2. The minimum atomic E-state index is -0.0419. The van der Waals surface area contributed by atoms with Crippen molar-refractivity contribution in [3.8, 4) is 0 Å². The number of amides is 1. The monoisotopic (exact) mass is 209 g/mol. The summed E-state index contributed by atoms with van der Waals surface area (Å²) in [5, 5.41) is 0. The molecule has 1 heterocycles. The van der Waals surface area contributed by atoms with E-state index in [0.717, 1.165) is 12.8 Å². The summed E-state index contributed by atoms with van der Waals surface area (Å²) >= 11 is 0. The van der Waals surface area contributed by atoms with Crippen LogP contribution in [0.2, 0.25) is 0 Å². The Labute approximate surface area is 90.8 Å². The summed E-state index contributed by atoms with van der Waals surface area (Å²) in [6.07, 6.45) is 7.17. The van der Waals surface area contributed by atoms with E-state index in [-0.39, 0.29) is 23.7 Å². The fourth-order valence-electron chi connectivity index (χ4n) is 2.84. The molecular formula is C12H19NO2. The summed E-state index contributed by atoms with van der Waals surface area (Å²) in [4.78, 5) is 24.8. The van der Waals surface area contributed by atoms with Crippen LogP contribution in [0.1, 0.15) is 51.9 Å². The van der Waals surface area contributed by atoms with Gasteiger partial charge >= 0.3 is 0 Å². The Kier molecular flexibility index (Phi) is 2.81. The van der Waals surface area contributed by atoms with Crippen molar-refractivity contribution in [1.29, 1.82) is 0 Å². The molecule has 0 aromatic carbocycles. The van der Waals surface area contributed by atoms with E-state index in [9.17, 15) is 9.59 Å². The van der Waals surface area contributed by atoms with Gasteiger partial charge in [0.15, 0.2) is 5.78 Å². The first-order chi connectivity index (χ1) is 7.12. The smallest absolute Gasteiger partial charge is 0.230 e. The highest BCUT2D eigenvalue weighted by Crippen LogP contribution is 2.34. The normalized spacial score (nSPS) is 26.9. The highest BCUT2D eigenvalue weighted by Gasteiger charge is 2.40. The molecule has 1 saturated carbocycles. The van der Waals surface area contributed by atoms with Gasteiger partial charge in [-0.3, -0.25) is 9.59 Å². The molecule has 0 aromatic rings. The average Bonchev–Trinajstić information content (AvgIpc) is 2.40. The molecule has 15 heavy (non-hydrogen) atoms. The number of hydrogen-bond donors (Lipinski definition) is 0. The summed E-state index contributed by atoms with van der Waals surface area (Å²) in [7, 11) is 0. The van der Waals surface area contributed by atoms with Crippen LogP contribution in [0, 0.1) is 0 Å². The van der Waals surface area contributed by atoms with Crippen molar-refractivity contribution >= 4 is 11.7 Å². The lowest BCUT2D eigenvalue weighted by Crippen LogP contribution is -2.47. The minimum Gasteiger partial charge on any atom is -0.330 e. The standard InChI is InChI=1S/C12H19NO2/c1-12(6-4-2-3-5-7-12)13-9-10(14)8-11(13)15/h2-9H2,1H3. The third-order valence-electron chi connectivity index (χ3n) is 3.82. The van der Waals surface area contributed by atoms with E-state index >= 15 is 0 Å². The van der Waals surface area contributed by atoms with Gasteiger partial charge in [0, 0.05) is 5.54 Å². The Balaban J connectivity index is 2.12. The van der Waals surface area contributed by atoms with Gasteiger partial charge in [-0.25, -0.2) is 0 Å². The second kappa shape index (κ2) is 3.95. The molecule has 3 heteroatoms. The molecule has 1 amide bonds. The van der Waals surface area contributed by atoms with Crippen LogP contribution in [0.4, 0.5) is 0 Å². The van der Waals surface area contributed by atoms with Crippen LogP contribution in [0.5, 0.6) is 0 Å². The van der Waals surface area contributed by atoms with Crippen LogP contribution in [0.25, 0.3) is 0 Å². The number of nitrogens with zero attached hydrogens (tertiary/aromatic N) is 1. The van der Waals surface area contributed by atoms with Crippen LogP contribution in [0.3, 0.4) is 0 Å². The van der Waals surface area contributed by atoms with E-state index in [1.54, 1.807) is 0 Å². The Morgan fingerprint density at radius 3 is 2.13 bits per heavy atom. The summed E-state index contributed by atoms with van der Waals surface area (Å²) in [6, 6.07) is 0. The predicted octanol–water partition coefficient (Wildman–Crippen LogP) is 1.90. The molecule has 0 spiro atoms. The minimum absolute atomic E-state index is 0.0419. The third-order valence-corrected chi connectivity index (χ3v) is 3.82. The molecule has 1 saturated heterocycles. The van der Waals surface area contributed by atoms with Gasteiger partial charge in [0.05, 0.1) is 13.0 Å². The molecule has 3 nitrogen and oxygen atoms in total. The van der Waals surface area contributed by atoms with Crippen LogP contribution in [0.15, 0.2) is 0 Å². The van der Waals surface area contributed by atoms with Crippen molar-refractivity contribution < 1.29 is 9.59 Å². The van der Waals surface area contributed by atoms with Crippen LogP contribution in [-0.4, -0.2) is 28.7 Å². The fourth-order valence-corrected chi connectivity index (χ4v) is 2.84. The molecule has 0 N–H and O–H groups in total. The Morgan fingerprint density at radius 1 is 1.07 bits per heavy atom. The molecule has 2 aliphatic rings. The molecule has 2 rings (SSSR count). The highest BCUT2D eigenvalue weighted by atomic mass is 16.2. The zero-order valence-electron chi connectivity index (χ0n) is 9.42. The van der Waals surface area contributed by atoms with Gasteiger partial charge in [-0.2, -0.15) is 0 Å². The topological polar surface area (TPSA) is 37.4 Å². The lowest BCUT2D eigenvalue weighted by molar-refractivity contribution is -0.133. The van der Waals surface area contributed by atoms with Gasteiger partial charge in [0.1, 0.15) is 0 Å². The first-order valence-electron chi connectivity index (χ1n) is 5.94. The maximum absolute atomic E-state index is 11.7. The largest absolute Gasteiger partial charge is 0.330 e. The van der Waals surface area contributed by atoms with Crippen molar-refractivity contribution in [1.82, 2.24) is 4.90 Å². The van der Waals surface area contributed by atoms with E-state index in [2.05, 4.69) is 6.92 Å². The molecular weight excluding hydrogens is 190 g/mol. The predicted molar refractivity (Wildman–Crippen MR) is 57.4 cm³/mol. The third kappa shape index (κ3) is 2.06. The lowest BCUT2D eigenvalue weighted by atomic mass is 9.91. The van der Waals surface area contributed by atoms with Gasteiger partial charge in [0.2, 0.25) is 5.91 Å². The van der Waals surface area contributed by atoms with E-state index in [0.29, 0.717) is 6.54 Å². The van der Waals surface area contributed by atoms with Crippen molar-refractivity contribution in [2.24, 2.45) is 0 Å². The number of carbonyl (C=O) groups is 2. The molecule has 1 aliphatic carbocycles. The van der Waals surface area contributed by atoms with Crippen molar-refractivity contribution in [2.75, 3.05) is 6.54 Å². The zero-order valence-corrected chi connectivity index (χ0v) is 9.42. The maximum atomic E-state index is 11.7. The van der Waals surface area contributed by atoms with Crippen LogP contribution >= 0.6 is 0 Å². The van der Waals surface area contributed by atoms with E-state index in [4.69, 9.17) is 0 Å². The van der Waals surface area contributed by atoms with Gasteiger partial charge in [-0.05, 0) is 19.8 Å². The number of ketones is 1. The molecule has 2 fully saturated rings. The maximum Gasteiger partial charge on any atom is 0.230 e.